The lowest BCUT2D eigenvalue weighted by Crippen LogP contribution is -1.94. The Morgan fingerprint density at radius 3 is 2.61 bits per heavy atom. The highest BCUT2D eigenvalue weighted by molar-refractivity contribution is 7.98. The molecule has 90 valence electrons. The van der Waals surface area contributed by atoms with Crippen LogP contribution in [0.5, 0.6) is 0 Å². The fourth-order valence-corrected chi connectivity index (χ4v) is 2.06. The van der Waals surface area contributed by atoms with Crippen LogP contribution >= 0.6 is 23.4 Å². The first-order valence-corrected chi connectivity index (χ1v) is 6.80. The molecule has 0 saturated carbocycles. The second kappa shape index (κ2) is 5.76. The number of thioether (sulfide) groups is 1. The molecule has 0 atom stereocenters. The SMILES string of the molecule is CSc1ccc(Nc2cc(C#N)cc(Cl)n2)cc1. The van der Waals surface area contributed by atoms with Gasteiger partial charge in [0.25, 0.3) is 0 Å². The fraction of sp³-hybridized carbons (Fsp3) is 0.0769. The predicted octanol–water partition coefficient (Wildman–Crippen LogP) is 4.07. The molecule has 0 radical (unpaired) electrons. The van der Waals surface area contributed by atoms with Gasteiger partial charge in [0.1, 0.15) is 11.0 Å². The molecule has 0 aliphatic rings. The van der Waals surface area contributed by atoms with Crippen LogP contribution in [0.2, 0.25) is 5.15 Å². The second-order valence-electron chi connectivity index (χ2n) is 3.53. The number of rotatable bonds is 3. The van der Waals surface area contributed by atoms with Crippen molar-refractivity contribution in [3.05, 3.63) is 47.1 Å². The lowest BCUT2D eigenvalue weighted by atomic mass is 10.2. The highest BCUT2D eigenvalue weighted by Crippen LogP contribution is 2.21. The molecule has 1 heterocycles. The van der Waals surface area contributed by atoms with Crippen LogP contribution in [0.25, 0.3) is 0 Å². The third-order valence-corrected chi connectivity index (χ3v) is 3.22. The number of hydrogen-bond acceptors (Lipinski definition) is 4. The van der Waals surface area contributed by atoms with E-state index >= 15 is 0 Å². The van der Waals surface area contributed by atoms with Gasteiger partial charge in [-0.1, -0.05) is 11.6 Å². The Morgan fingerprint density at radius 2 is 2.00 bits per heavy atom. The van der Waals surface area contributed by atoms with Crippen LogP contribution in [0, 0.1) is 11.3 Å². The summed E-state index contributed by atoms with van der Waals surface area (Å²) < 4.78 is 0. The van der Waals surface area contributed by atoms with Crippen molar-refractivity contribution >= 4 is 34.9 Å². The number of anilines is 2. The van der Waals surface area contributed by atoms with Crippen molar-refractivity contribution in [1.82, 2.24) is 4.98 Å². The number of pyridine rings is 1. The van der Waals surface area contributed by atoms with Crippen molar-refractivity contribution in [3.8, 4) is 6.07 Å². The van der Waals surface area contributed by atoms with E-state index in [0.29, 0.717) is 16.5 Å². The van der Waals surface area contributed by atoms with E-state index < -0.39 is 0 Å². The van der Waals surface area contributed by atoms with Gasteiger partial charge in [-0.05, 0) is 42.7 Å². The van der Waals surface area contributed by atoms with Crippen molar-refractivity contribution in [2.45, 2.75) is 4.90 Å². The first-order chi connectivity index (χ1) is 8.71. The van der Waals surface area contributed by atoms with Crippen LogP contribution < -0.4 is 5.32 Å². The Morgan fingerprint density at radius 1 is 1.28 bits per heavy atom. The Balaban J connectivity index is 2.22. The van der Waals surface area contributed by atoms with E-state index in [9.17, 15) is 0 Å². The zero-order valence-corrected chi connectivity index (χ0v) is 11.2. The molecule has 3 nitrogen and oxygen atoms in total. The third kappa shape index (κ3) is 3.16. The maximum Gasteiger partial charge on any atom is 0.133 e. The van der Waals surface area contributed by atoms with Crippen LogP contribution in [-0.4, -0.2) is 11.2 Å². The van der Waals surface area contributed by atoms with E-state index in [1.165, 1.54) is 11.0 Å². The second-order valence-corrected chi connectivity index (χ2v) is 4.80. The van der Waals surface area contributed by atoms with Gasteiger partial charge in [0.05, 0.1) is 11.6 Å². The maximum absolute atomic E-state index is 8.85. The van der Waals surface area contributed by atoms with Crippen LogP contribution in [0.4, 0.5) is 11.5 Å². The average molecular weight is 276 g/mol. The van der Waals surface area contributed by atoms with E-state index in [1.807, 2.05) is 36.6 Å². The molecular formula is C13H10ClN3S. The molecule has 0 bridgehead atoms. The van der Waals surface area contributed by atoms with Crippen LogP contribution in [0.15, 0.2) is 41.3 Å². The number of nitriles is 1. The van der Waals surface area contributed by atoms with Gasteiger partial charge in [0.2, 0.25) is 0 Å². The molecule has 2 rings (SSSR count). The van der Waals surface area contributed by atoms with E-state index in [1.54, 1.807) is 17.8 Å². The lowest BCUT2D eigenvalue weighted by molar-refractivity contribution is 1.29. The summed E-state index contributed by atoms with van der Waals surface area (Å²) in [5.41, 5.74) is 1.39. The summed E-state index contributed by atoms with van der Waals surface area (Å²) in [5.74, 6) is 0.566. The summed E-state index contributed by atoms with van der Waals surface area (Å²) in [6, 6.07) is 13.2. The Hall–Kier alpha value is -1.70. The zero-order chi connectivity index (χ0) is 13.0. The molecule has 2 aromatic rings. The largest absolute Gasteiger partial charge is 0.340 e. The summed E-state index contributed by atoms with van der Waals surface area (Å²) in [6.07, 6.45) is 2.03. The fourth-order valence-electron chi connectivity index (χ4n) is 1.45. The Labute approximate surface area is 115 Å². The summed E-state index contributed by atoms with van der Waals surface area (Å²) in [6.45, 7) is 0. The van der Waals surface area contributed by atoms with Crippen LogP contribution in [0.3, 0.4) is 0 Å². The highest BCUT2D eigenvalue weighted by atomic mass is 35.5. The normalized spacial score (nSPS) is 9.83. The minimum Gasteiger partial charge on any atom is -0.340 e. The van der Waals surface area contributed by atoms with Gasteiger partial charge in [-0.15, -0.1) is 11.8 Å². The number of halogens is 1. The van der Waals surface area contributed by atoms with Gasteiger partial charge in [-0.25, -0.2) is 4.98 Å². The molecule has 1 aromatic heterocycles. The monoisotopic (exact) mass is 275 g/mol. The van der Waals surface area contributed by atoms with Gasteiger partial charge >= 0.3 is 0 Å². The molecule has 1 aromatic carbocycles. The molecule has 0 aliphatic carbocycles. The average Bonchev–Trinajstić information content (AvgIpc) is 2.39. The first kappa shape index (κ1) is 12.7. The summed E-state index contributed by atoms with van der Waals surface area (Å²) in [4.78, 5) is 5.31. The molecule has 0 spiro atoms. The molecular weight excluding hydrogens is 266 g/mol. The minimum absolute atomic E-state index is 0.303. The molecule has 1 N–H and O–H groups in total. The standard InChI is InChI=1S/C13H10ClN3S/c1-18-11-4-2-10(3-5-11)16-13-7-9(8-15)6-12(14)17-13/h2-7H,1H3,(H,16,17). The molecule has 0 unspecified atom stereocenters. The van der Waals surface area contributed by atoms with Gasteiger partial charge in [0, 0.05) is 10.6 Å². The van der Waals surface area contributed by atoms with E-state index in [-0.39, 0.29) is 0 Å². The summed E-state index contributed by atoms with van der Waals surface area (Å²) >= 11 is 7.52. The van der Waals surface area contributed by atoms with E-state index in [4.69, 9.17) is 16.9 Å². The maximum atomic E-state index is 8.85. The minimum atomic E-state index is 0.303. The molecule has 0 aliphatic heterocycles. The molecule has 0 amide bonds. The Bertz CT molecular complexity index is 590. The molecule has 0 saturated heterocycles. The smallest absolute Gasteiger partial charge is 0.133 e. The van der Waals surface area contributed by atoms with Gasteiger partial charge in [-0.3, -0.25) is 0 Å². The first-order valence-electron chi connectivity index (χ1n) is 5.20. The van der Waals surface area contributed by atoms with Crippen molar-refractivity contribution in [1.29, 1.82) is 5.26 Å². The van der Waals surface area contributed by atoms with Gasteiger partial charge in [0.15, 0.2) is 0 Å². The van der Waals surface area contributed by atoms with Crippen LogP contribution in [-0.2, 0) is 0 Å². The summed E-state index contributed by atoms with van der Waals surface area (Å²) in [7, 11) is 0. The van der Waals surface area contributed by atoms with Crippen molar-refractivity contribution < 1.29 is 0 Å². The predicted molar refractivity (Wildman–Crippen MR) is 75.5 cm³/mol. The highest BCUT2D eigenvalue weighted by Gasteiger charge is 2.01. The van der Waals surface area contributed by atoms with Crippen LogP contribution in [0.1, 0.15) is 5.56 Å². The van der Waals surface area contributed by atoms with Crippen molar-refractivity contribution in [3.63, 3.8) is 0 Å². The van der Waals surface area contributed by atoms with Gasteiger partial charge < -0.3 is 5.32 Å². The quantitative estimate of drug-likeness (QED) is 0.677. The number of hydrogen-bond donors (Lipinski definition) is 1. The van der Waals surface area contributed by atoms with Crippen molar-refractivity contribution in [2.24, 2.45) is 0 Å². The number of nitrogens with zero attached hydrogens (tertiary/aromatic N) is 2. The topological polar surface area (TPSA) is 48.7 Å². The van der Waals surface area contributed by atoms with Crippen molar-refractivity contribution in [2.75, 3.05) is 11.6 Å². The lowest BCUT2D eigenvalue weighted by Gasteiger charge is -2.06. The molecule has 0 fully saturated rings. The van der Waals surface area contributed by atoms with E-state index in [0.717, 1.165) is 5.69 Å². The number of nitrogens with one attached hydrogen (secondary N) is 1. The van der Waals surface area contributed by atoms with E-state index in [2.05, 4.69) is 10.3 Å². The summed E-state index contributed by atoms with van der Waals surface area (Å²) in [5, 5.41) is 12.3. The van der Waals surface area contributed by atoms with Gasteiger partial charge in [-0.2, -0.15) is 5.26 Å². The Kier molecular flexibility index (Phi) is 4.08. The number of benzene rings is 1. The molecule has 18 heavy (non-hydrogen) atoms. The third-order valence-electron chi connectivity index (χ3n) is 2.29. The number of aromatic nitrogens is 1. The zero-order valence-electron chi connectivity index (χ0n) is 9.64. The molecule has 5 heteroatoms.